The van der Waals surface area contributed by atoms with Crippen LogP contribution in [0.25, 0.3) is 0 Å². The molecule has 0 amide bonds. The summed E-state index contributed by atoms with van der Waals surface area (Å²) in [4.78, 5) is 0. The van der Waals surface area contributed by atoms with Crippen LogP contribution >= 0.6 is 11.8 Å². The van der Waals surface area contributed by atoms with Crippen LogP contribution in [0.5, 0.6) is 0 Å². The van der Waals surface area contributed by atoms with Crippen LogP contribution in [-0.4, -0.2) is 38.8 Å². The number of aryl methyl sites for hydroxylation is 1. The SMILES string of the molecule is COCCNCC(CCCSC)c1ccc(C)cc1. The van der Waals surface area contributed by atoms with E-state index in [1.807, 2.05) is 11.8 Å². The number of rotatable bonds is 10. The summed E-state index contributed by atoms with van der Waals surface area (Å²) < 4.78 is 5.08. The van der Waals surface area contributed by atoms with Gasteiger partial charge in [0.15, 0.2) is 0 Å². The molecule has 0 aromatic heterocycles. The maximum Gasteiger partial charge on any atom is 0.0587 e. The summed E-state index contributed by atoms with van der Waals surface area (Å²) in [5.41, 5.74) is 2.79. The first-order valence-electron chi connectivity index (χ1n) is 7.03. The highest BCUT2D eigenvalue weighted by atomic mass is 32.2. The van der Waals surface area contributed by atoms with Crippen LogP contribution in [0.1, 0.15) is 29.9 Å². The first-order valence-corrected chi connectivity index (χ1v) is 8.42. The Labute approximate surface area is 122 Å². The molecule has 0 aliphatic carbocycles. The molecular formula is C16H27NOS. The molecule has 1 aromatic rings. The third-order valence-electron chi connectivity index (χ3n) is 3.32. The summed E-state index contributed by atoms with van der Waals surface area (Å²) in [6, 6.07) is 8.98. The van der Waals surface area contributed by atoms with E-state index in [4.69, 9.17) is 4.74 Å². The van der Waals surface area contributed by atoms with E-state index in [0.717, 1.165) is 19.7 Å². The fourth-order valence-corrected chi connectivity index (χ4v) is 2.61. The van der Waals surface area contributed by atoms with E-state index in [9.17, 15) is 0 Å². The molecule has 1 atom stereocenters. The van der Waals surface area contributed by atoms with Crippen LogP contribution in [-0.2, 0) is 4.74 Å². The van der Waals surface area contributed by atoms with Crippen molar-refractivity contribution in [1.29, 1.82) is 0 Å². The Morgan fingerprint density at radius 3 is 2.63 bits per heavy atom. The van der Waals surface area contributed by atoms with E-state index in [1.165, 1.54) is 29.7 Å². The summed E-state index contributed by atoms with van der Waals surface area (Å²) in [6.45, 7) is 4.90. The first kappa shape index (κ1) is 16.5. The number of hydrogen-bond acceptors (Lipinski definition) is 3. The molecule has 1 N–H and O–H groups in total. The van der Waals surface area contributed by atoms with Crippen molar-refractivity contribution in [2.45, 2.75) is 25.7 Å². The Morgan fingerprint density at radius 2 is 2.00 bits per heavy atom. The number of ether oxygens (including phenoxy) is 1. The molecule has 3 heteroatoms. The van der Waals surface area contributed by atoms with Crippen molar-refractivity contribution in [2.75, 3.05) is 38.8 Å². The number of methoxy groups -OCH3 is 1. The van der Waals surface area contributed by atoms with Crippen molar-refractivity contribution in [2.24, 2.45) is 0 Å². The summed E-state index contributed by atoms with van der Waals surface area (Å²) in [5, 5.41) is 3.49. The van der Waals surface area contributed by atoms with Gasteiger partial charge in [0.25, 0.3) is 0 Å². The Balaban J connectivity index is 2.49. The van der Waals surface area contributed by atoms with Crippen molar-refractivity contribution in [3.63, 3.8) is 0 Å². The number of hydrogen-bond donors (Lipinski definition) is 1. The smallest absolute Gasteiger partial charge is 0.0587 e. The maximum absolute atomic E-state index is 5.08. The predicted octanol–water partition coefficient (Wildman–Crippen LogP) is 3.46. The lowest BCUT2D eigenvalue weighted by molar-refractivity contribution is 0.198. The summed E-state index contributed by atoms with van der Waals surface area (Å²) in [5.74, 6) is 1.87. The largest absolute Gasteiger partial charge is 0.383 e. The fourth-order valence-electron chi connectivity index (χ4n) is 2.15. The number of benzene rings is 1. The topological polar surface area (TPSA) is 21.3 Å². The van der Waals surface area contributed by atoms with E-state index >= 15 is 0 Å². The highest BCUT2D eigenvalue weighted by Gasteiger charge is 2.10. The lowest BCUT2D eigenvalue weighted by Crippen LogP contribution is -2.25. The molecule has 0 aliphatic rings. The molecule has 0 saturated carbocycles. The Morgan fingerprint density at radius 1 is 1.26 bits per heavy atom. The quantitative estimate of drug-likeness (QED) is 0.664. The number of nitrogens with one attached hydrogen (secondary N) is 1. The minimum Gasteiger partial charge on any atom is -0.383 e. The van der Waals surface area contributed by atoms with Gasteiger partial charge in [-0.2, -0.15) is 11.8 Å². The van der Waals surface area contributed by atoms with Gasteiger partial charge in [-0.05, 0) is 43.3 Å². The van der Waals surface area contributed by atoms with Crippen LogP contribution in [0.4, 0.5) is 0 Å². The Kier molecular flexibility index (Phi) is 8.97. The van der Waals surface area contributed by atoms with E-state index < -0.39 is 0 Å². The first-order chi connectivity index (χ1) is 9.27. The van der Waals surface area contributed by atoms with Gasteiger partial charge in [0.2, 0.25) is 0 Å². The molecule has 0 aliphatic heterocycles. The molecule has 0 radical (unpaired) electrons. The molecule has 2 nitrogen and oxygen atoms in total. The summed E-state index contributed by atoms with van der Waals surface area (Å²) >= 11 is 1.93. The average molecular weight is 281 g/mol. The minimum atomic E-state index is 0.615. The van der Waals surface area contributed by atoms with Crippen LogP contribution in [0, 0.1) is 6.92 Å². The third-order valence-corrected chi connectivity index (χ3v) is 4.02. The Bertz CT molecular complexity index is 326. The van der Waals surface area contributed by atoms with Crippen LogP contribution < -0.4 is 5.32 Å². The minimum absolute atomic E-state index is 0.615. The summed E-state index contributed by atoms with van der Waals surface area (Å²) in [7, 11) is 1.75. The normalized spacial score (nSPS) is 12.6. The average Bonchev–Trinajstić information content (AvgIpc) is 2.43. The molecule has 0 saturated heterocycles. The van der Waals surface area contributed by atoms with Gasteiger partial charge in [-0.3, -0.25) is 0 Å². The molecule has 19 heavy (non-hydrogen) atoms. The van der Waals surface area contributed by atoms with Crippen LogP contribution in [0.15, 0.2) is 24.3 Å². The highest BCUT2D eigenvalue weighted by Crippen LogP contribution is 2.22. The zero-order chi connectivity index (χ0) is 13.9. The van der Waals surface area contributed by atoms with E-state index in [0.29, 0.717) is 5.92 Å². The predicted molar refractivity (Wildman–Crippen MR) is 86.3 cm³/mol. The van der Waals surface area contributed by atoms with Gasteiger partial charge in [-0.1, -0.05) is 29.8 Å². The molecule has 108 valence electrons. The van der Waals surface area contributed by atoms with E-state index in [-0.39, 0.29) is 0 Å². The van der Waals surface area contributed by atoms with Crippen molar-refractivity contribution in [3.8, 4) is 0 Å². The lowest BCUT2D eigenvalue weighted by atomic mass is 9.94. The third kappa shape index (κ3) is 7.00. The van der Waals surface area contributed by atoms with E-state index in [2.05, 4.69) is 42.8 Å². The second kappa shape index (κ2) is 10.3. The standard InChI is InChI=1S/C16H27NOS/c1-14-6-8-15(9-7-14)16(5-4-12-19-3)13-17-10-11-18-2/h6-9,16-17H,4-5,10-13H2,1-3H3. The second-order valence-electron chi connectivity index (χ2n) is 4.94. The lowest BCUT2D eigenvalue weighted by Gasteiger charge is -2.18. The van der Waals surface area contributed by atoms with Gasteiger partial charge >= 0.3 is 0 Å². The van der Waals surface area contributed by atoms with E-state index in [1.54, 1.807) is 7.11 Å². The van der Waals surface area contributed by atoms with Gasteiger partial charge in [-0.15, -0.1) is 0 Å². The molecule has 0 fully saturated rings. The number of thioether (sulfide) groups is 1. The van der Waals surface area contributed by atoms with Gasteiger partial charge in [0.05, 0.1) is 6.61 Å². The van der Waals surface area contributed by atoms with Gasteiger partial charge < -0.3 is 10.1 Å². The fraction of sp³-hybridized carbons (Fsp3) is 0.625. The highest BCUT2D eigenvalue weighted by molar-refractivity contribution is 7.98. The van der Waals surface area contributed by atoms with Crippen molar-refractivity contribution < 1.29 is 4.74 Å². The van der Waals surface area contributed by atoms with Crippen molar-refractivity contribution in [3.05, 3.63) is 35.4 Å². The monoisotopic (exact) mass is 281 g/mol. The molecule has 0 bridgehead atoms. The molecule has 1 aromatic carbocycles. The molecule has 0 heterocycles. The van der Waals surface area contributed by atoms with Gasteiger partial charge in [0.1, 0.15) is 0 Å². The van der Waals surface area contributed by atoms with Crippen molar-refractivity contribution >= 4 is 11.8 Å². The van der Waals surface area contributed by atoms with Crippen LogP contribution in [0.3, 0.4) is 0 Å². The second-order valence-corrected chi connectivity index (χ2v) is 5.93. The molecule has 1 rings (SSSR count). The maximum atomic E-state index is 5.08. The Hall–Kier alpha value is -0.510. The molecule has 0 spiro atoms. The van der Waals surface area contributed by atoms with Gasteiger partial charge in [-0.25, -0.2) is 0 Å². The van der Waals surface area contributed by atoms with Crippen LogP contribution in [0.2, 0.25) is 0 Å². The molecule has 1 unspecified atom stereocenters. The van der Waals surface area contributed by atoms with Gasteiger partial charge in [0, 0.05) is 20.2 Å². The zero-order valence-electron chi connectivity index (χ0n) is 12.4. The van der Waals surface area contributed by atoms with Crippen molar-refractivity contribution in [1.82, 2.24) is 5.32 Å². The zero-order valence-corrected chi connectivity index (χ0v) is 13.3. The summed E-state index contributed by atoms with van der Waals surface area (Å²) in [6.07, 6.45) is 4.72. The molecular weight excluding hydrogens is 254 g/mol.